The van der Waals surface area contributed by atoms with Crippen LogP contribution in [0.2, 0.25) is 0 Å². The van der Waals surface area contributed by atoms with Gasteiger partial charge in [0.25, 0.3) is 0 Å². The number of fused-ring (bicyclic) bond motifs is 1. The van der Waals surface area contributed by atoms with Gasteiger partial charge in [0.1, 0.15) is 0 Å². The second-order valence-corrected chi connectivity index (χ2v) is 4.80. The third kappa shape index (κ3) is 1.67. The molecule has 1 aromatic heterocycles. The van der Waals surface area contributed by atoms with Gasteiger partial charge in [-0.25, -0.2) is 0 Å². The van der Waals surface area contributed by atoms with Crippen molar-refractivity contribution in [3.8, 4) is 0 Å². The first kappa shape index (κ1) is 10.0. The molecule has 0 amide bonds. The standard InChI is InChI=1S/C12H14IN/c1-3-4-9-10-7-8(2)5-6-11(10)14-12(9)13/h5-7,14H,3-4H2,1-2H3. The molecule has 0 saturated carbocycles. The number of hydrogen-bond donors (Lipinski definition) is 1. The molecule has 2 rings (SSSR count). The summed E-state index contributed by atoms with van der Waals surface area (Å²) in [4.78, 5) is 3.43. The SMILES string of the molecule is CCCc1c(I)[nH]c2ccc(C)cc12. The van der Waals surface area contributed by atoms with Crippen molar-refractivity contribution in [3.05, 3.63) is 33.0 Å². The van der Waals surface area contributed by atoms with Gasteiger partial charge in [0, 0.05) is 10.9 Å². The molecule has 74 valence electrons. The minimum Gasteiger partial charge on any atom is -0.350 e. The van der Waals surface area contributed by atoms with Crippen LogP contribution >= 0.6 is 22.6 Å². The van der Waals surface area contributed by atoms with Gasteiger partial charge >= 0.3 is 0 Å². The first-order valence-corrected chi connectivity index (χ1v) is 6.07. The smallest absolute Gasteiger partial charge is 0.0815 e. The molecule has 0 aliphatic carbocycles. The molecule has 2 aromatic rings. The summed E-state index contributed by atoms with van der Waals surface area (Å²) in [7, 11) is 0. The molecule has 0 fully saturated rings. The van der Waals surface area contributed by atoms with Crippen molar-refractivity contribution in [3.63, 3.8) is 0 Å². The number of benzene rings is 1. The molecule has 0 spiro atoms. The fourth-order valence-corrected chi connectivity index (χ4v) is 2.67. The predicted molar refractivity (Wildman–Crippen MR) is 69.7 cm³/mol. The van der Waals surface area contributed by atoms with Crippen LogP contribution in [-0.2, 0) is 6.42 Å². The zero-order chi connectivity index (χ0) is 10.1. The van der Waals surface area contributed by atoms with Crippen molar-refractivity contribution in [1.82, 2.24) is 4.98 Å². The summed E-state index contributed by atoms with van der Waals surface area (Å²) in [5.41, 5.74) is 4.08. The van der Waals surface area contributed by atoms with E-state index in [1.165, 1.54) is 38.6 Å². The number of H-pyrrole nitrogens is 1. The molecule has 1 heterocycles. The van der Waals surface area contributed by atoms with Gasteiger partial charge in [0.15, 0.2) is 0 Å². The number of halogens is 1. The molecule has 0 unspecified atom stereocenters. The van der Waals surface area contributed by atoms with Gasteiger partial charge in [-0.3, -0.25) is 0 Å². The number of aromatic amines is 1. The first-order valence-electron chi connectivity index (χ1n) is 4.99. The first-order chi connectivity index (χ1) is 6.72. The quantitative estimate of drug-likeness (QED) is 0.806. The molecule has 2 heteroatoms. The van der Waals surface area contributed by atoms with Crippen LogP contribution in [0.1, 0.15) is 24.5 Å². The highest BCUT2D eigenvalue weighted by Gasteiger charge is 2.07. The van der Waals surface area contributed by atoms with Gasteiger partial charge in [0.05, 0.1) is 3.70 Å². The van der Waals surface area contributed by atoms with Gasteiger partial charge in [-0.1, -0.05) is 25.0 Å². The third-order valence-electron chi connectivity index (χ3n) is 2.51. The van der Waals surface area contributed by atoms with E-state index >= 15 is 0 Å². The Morgan fingerprint density at radius 2 is 2.14 bits per heavy atom. The summed E-state index contributed by atoms with van der Waals surface area (Å²) in [5, 5.41) is 1.40. The number of hydrogen-bond acceptors (Lipinski definition) is 0. The Morgan fingerprint density at radius 1 is 1.36 bits per heavy atom. The van der Waals surface area contributed by atoms with E-state index in [1.54, 1.807) is 0 Å². The minimum atomic E-state index is 1.17. The van der Waals surface area contributed by atoms with Crippen molar-refractivity contribution in [2.45, 2.75) is 26.7 Å². The molecule has 0 bridgehead atoms. The lowest BCUT2D eigenvalue weighted by Gasteiger charge is -1.98. The van der Waals surface area contributed by atoms with E-state index in [1.807, 2.05) is 0 Å². The molecule has 1 N–H and O–H groups in total. The van der Waals surface area contributed by atoms with E-state index in [0.717, 1.165) is 0 Å². The van der Waals surface area contributed by atoms with Gasteiger partial charge in [-0.15, -0.1) is 0 Å². The Morgan fingerprint density at radius 3 is 2.86 bits per heavy atom. The number of aryl methyl sites for hydroxylation is 2. The Labute approximate surface area is 98.0 Å². The minimum absolute atomic E-state index is 1.17. The molecule has 0 atom stereocenters. The van der Waals surface area contributed by atoms with Crippen LogP contribution in [-0.4, -0.2) is 4.98 Å². The fraction of sp³-hybridized carbons (Fsp3) is 0.333. The van der Waals surface area contributed by atoms with Gasteiger partial charge in [0.2, 0.25) is 0 Å². The van der Waals surface area contributed by atoms with E-state index < -0.39 is 0 Å². The van der Waals surface area contributed by atoms with Gasteiger partial charge in [-0.05, 0) is 53.6 Å². The maximum atomic E-state index is 3.43. The average Bonchev–Trinajstić information content (AvgIpc) is 2.45. The van der Waals surface area contributed by atoms with Crippen molar-refractivity contribution >= 4 is 33.5 Å². The Bertz CT molecular complexity index is 457. The molecule has 14 heavy (non-hydrogen) atoms. The molecule has 0 radical (unpaired) electrons. The van der Waals surface area contributed by atoms with E-state index in [4.69, 9.17) is 0 Å². The van der Waals surface area contributed by atoms with Crippen LogP contribution in [0.4, 0.5) is 0 Å². The molecule has 1 aromatic carbocycles. The summed E-state index contributed by atoms with van der Waals surface area (Å²) in [6, 6.07) is 6.61. The lowest BCUT2D eigenvalue weighted by molar-refractivity contribution is 0.922. The Hall–Kier alpha value is -0.510. The lowest BCUT2D eigenvalue weighted by Crippen LogP contribution is -1.84. The highest BCUT2D eigenvalue weighted by atomic mass is 127. The summed E-state index contributed by atoms with van der Waals surface area (Å²) in [5.74, 6) is 0. The molecule has 1 nitrogen and oxygen atoms in total. The maximum Gasteiger partial charge on any atom is 0.0815 e. The summed E-state index contributed by atoms with van der Waals surface area (Å²) >= 11 is 2.39. The monoisotopic (exact) mass is 299 g/mol. The summed E-state index contributed by atoms with van der Waals surface area (Å²) < 4.78 is 1.30. The summed E-state index contributed by atoms with van der Waals surface area (Å²) in [6.45, 7) is 4.37. The Balaban J connectivity index is 2.66. The van der Waals surface area contributed by atoms with Gasteiger partial charge in [-0.2, -0.15) is 0 Å². The topological polar surface area (TPSA) is 15.8 Å². The molecule has 0 aliphatic rings. The van der Waals surface area contributed by atoms with Crippen LogP contribution in [0.3, 0.4) is 0 Å². The van der Waals surface area contributed by atoms with E-state index in [-0.39, 0.29) is 0 Å². The second kappa shape index (κ2) is 3.93. The number of aromatic nitrogens is 1. The average molecular weight is 299 g/mol. The van der Waals surface area contributed by atoms with Crippen molar-refractivity contribution in [2.75, 3.05) is 0 Å². The lowest BCUT2D eigenvalue weighted by atomic mass is 10.1. The van der Waals surface area contributed by atoms with Crippen molar-refractivity contribution < 1.29 is 0 Å². The molecule has 0 saturated heterocycles. The van der Waals surface area contributed by atoms with Crippen LogP contribution < -0.4 is 0 Å². The Kier molecular flexibility index (Phi) is 2.81. The van der Waals surface area contributed by atoms with Crippen LogP contribution in [0.15, 0.2) is 18.2 Å². The highest BCUT2D eigenvalue weighted by Crippen LogP contribution is 2.25. The van der Waals surface area contributed by atoms with Crippen LogP contribution in [0.25, 0.3) is 10.9 Å². The van der Waals surface area contributed by atoms with E-state index in [2.05, 4.69) is 59.6 Å². The van der Waals surface area contributed by atoms with Gasteiger partial charge < -0.3 is 4.98 Å². The predicted octanol–water partition coefficient (Wildman–Crippen LogP) is 4.03. The molecular formula is C12H14IN. The number of nitrogens with one attached hydrogen (secondary N) is 1. The van der Waals surface area contributed by atoms with Crippen LogP contribution in [0.5, 0.6) is 0 Å². The largest absolute Gasteiger partial charge is 0.350 e. The maximum absolute atomic E-state index is 3.43. The summed E-state index contributed by atoms with van der Waals surface area (Å²) in [6.07, 6.45) is 2.37. The van der Waals surface area contributed by atoms with Crippen molar-refractivity contribution in [1.29, 1.82) is 0 Å². The van der Waals surface area contributed by atoms with Crippen LogP contribution in [0, 0.1) is 10.6 Å². The third-order valence-corrected chi connectivity index (χ3v) is 3.43. The second-order valence-electron chi connectivity index (χ2n) is 3.72. The molecule has 0 aliphatic heterocycles. The fourth-order valence-electron chi connectivity index (χ4n) is 1.82. The van der Waals surface area contributed by atoms with Crippen molar-refractivity contribution in [2.24, 2.45) is 0 Å². The highest BCUT2D eigenvalue weighted by molar-refractivity contribution is 14.1. The van der Waals surface area contributed by atoms with E-state index in [9.17, 15) is 0 Å². The zero-order valence-corrected chi connectivity index (χ0v) is 10.7. The number of rotatable bonds is 2. The molecular weight excluding hydrogens is 285 g/mol. The normalized spacial score (nSPS) is 11.1. The zero-order valence-electron chi connectivity index (χ0n) is 8.52. The van der Waals surface area contributed by atoms with E-state index in [0.29, 0.717) is 0 Å².